The fraction of sp³-hybridized carbons (Fsp3) is 0.423. The minimum atomic E-state index is -1.37. The monoisotopic (exact) mass is 650 g/mol. The van der Waals surface area contributed by atoms with Gasteiger partial charge in [0.05, 0.1) is 6.42 Å². The number of rotatable bonds is 10. The molecule has 1 aromatic rings. The van der Waals surface area contributed by atoms with Gasteiger partial charge in [0.1, 0.15) is 47.4 Å². The maximum absolute atomic E-state index is 13.6. The van der Waals surface area contributed by atoms with Crippen molar-refractivity contribution in [2.45, 2.75) is 43.1 Å². The highest BCUT2D eigenvalue weighted by Gasteiger charge is 2.57. The van der Waals surface area contributed by atoms with Crippen LogP contribution in [0.5, 0.6) is 0 Å². The number of carbonyl (C=O) groups excluding carboxylic acids is 6. The van der Waals surface area contributed by atoms with E-state index in [1.807, 2.05) is 17.5 Å². The van der Waals surface area contributed by atoms with Crippen molar-refractivity contribution < 1.29 is 48.1 Å². The number of carboxylic acid groups (broad SMARTS) is 1. The number of thiophene rings is 1. The lowest BCUT2D eigenvalue weighted by Crippen LogP contribution is -2.73. The van der Waals surface area contributed by atoms with Crippen molar-refractivity contribution in [3.8, 4) is 0 Å². The molecule has 0 aliphatic carbocycles. The molecule has 1 aromatic heterocycles. The van der Waals surface area contributed by atoms with Crippen molar-refractivity contribution >= 4 is 76.4 Å². The Morgan fingerprint density at radius 1 is 0.884 bits per heavy atom. The summed E-state index contributed by atoms with van der Waals surface area (Å²) in [5.74, 6) is -4.51. The smallest absolute Gasteiger partial charge is 0.352 e. The number of esters is 2. The number of amides is 4. The summed E-state index contributed by atoms with van der Waals surface area (Å²) in [4.78, 5) is 90.4. The lowest BCUT2D eigenvalue weighted by Gasteiger charge is -2.51. The van der Waals surface area contributed by atoms with Crippen LogP contribution in [0.15, 0.2) is 40.1 Å². The fourth-order valence-corrected chi connectivity index (χ4v) is 8.35. The fourth-order valence-electron chi connectivity index (χ4n) is 4.99. The molecule has 2 saturated heterocycles. The first-order chi connectivity index (χ1) is 20.5. The van der Waals surface area contributed by atoms with Gasteiger partial charge in [0.15, 0.2) is 0 Å². The summed E-state index contributed by atoms with van der Waals surface area (Å²) in [6.45, 7) is 1.84. The van der Waals surface area contributed by atoms with E-state index >= 15 is 0 Å². The Labute approximate surface area is 257 Å². The van der Waals surface area contributed by atoms with Crippen LogP contribution in [0, 0.1) is 0 Å². The maximum Gasteiger partial charge on any atom is 0.352 e. The summed E-state index contributed by atoms with van der Waals surface area (Å²) in [5, 5.41) is 15.6. The SMILES string of the molecule is CC(=O)OCC1=C(C(=O)O)N2C(=O)[C@@H](NC(=O)C3=C(COC(C)=O)CS[C@@H]4[C@H](NC(=O)Cc5cccs5)C(=O)N34)[C@H]2SC1. The lowest BCUT2D eigenvalue weighted by molar-refractivity contribution is -0.152. The van der Waals surface area contributed by atoms with Crippen LogP contribution >= 0.6 is 34.9 Å². The number of carbonyl (C=O) groups is 7. The minimum absolute atomic E-state index is 0.0737. The predicted molar refractivity (Wildman–Crippen MR) is 153 cm³/mol. The Kier molecular flexibility index (Phi) is 8.84. The molecule has 5 rings (SSSR count). The molecule has 4 aliphatic heterocycles. The van der Waals surface area contributed by atoms with Gasteiger partial charge in [-0.15, -0.1) is 34.9 Å². The molecule has 228 valence electrons. The van der Waals surface area contributed by atoms with E-state index in [-0.39, 0.29) is 54.0 Å². The normalized spacial score (nSPS) is 24.3. The molecule has 3 N–H and O–H groups in total. The van der Waals surface area contributed by atoms with Crippen molar-refractivity contribution in [3.05, 3.63) is 44.9 Å². The van der Waals surface area contributed by atoms with Crippen molar-refractivity contribution in [3.63, 3.8) is 0 Å². The average molecular weight is 651 g/mol. The topological polar surface area (TPSA) is 189 Å². The Hall–Kier alpha value is -3.83. The van der Waals surface area contributed by atoms with E-state index in [4.69, 9.17) is 9.47 Å². The molecular formula is C26H26N4O10S3. The van der Waals surface area contributed by atoms with Gasteiger partial charge in [-0.2, -0.15) is 0 Å². The van der Waals surface area contributed by atoms with Gasteiger partial charge in [-0.25, -0.2) is 4.79 Å². The number of nitrogens with one attached hydrogen (secondary N) is 2. The second kappa shape index (κ2) is 12.4. The van der Waals surface area contributed by atoms with Gasteiger partial charge in [-0.1, -0.05) is 6.07 Å². The van der Waals surface area contributed by atoms with Crippen molar-refractivity contribution in [1.82, 2.24) is 20.4 Å². The van der Waals surface area contributed by atoms with E-state index in [9.17, 15) is 38.7 Å². The van der Waals surface area contributed by atoms with E-state index in [0.29, 0.717) is 5.57 Å². The standard InChI is InChI=1S/C26H26N4O10S3/c1-11(31)39-7-13-9-42-24-17(27-16(33)6-15-4-3-5-41-15)22(35)29(24)19(13)21(34)28-18-23(36)30-20(26(37)38)14(8-40-12(2)32)10-43-25(18)30/h3-5,17-18,24-25H,6-10H2,1-2H3,(H,27,33)(H,28,34)(H,37,38)/t17-,18-,24-,25-/m1/s1. The second-order valence-electron chi connectivity index (χ2n) is 9.84. The maximum atomic E-state index is 13.6. The number of nitrogens with zero attached hydrogens (tertiary/aromatic N) is 2. The van der Waals surface area contributed by atoms with Crippen LogP contribution in [0.25, 0.3) is 0 Å². The molecule has 2 fully saturated rings. The van der Waals surface area contributed by atoms with E-state index in [2.05, 4.69) is 10.6 Å². The average Bonchev–Trinajstić information content (AvgIpc) is 3.47. The van der Waals surface area contributed by atoms with E-state index in [1.54, 1.807) is 0 Å². The van der Waals surface area contributed by atoms with E-state index < -0.39 is 58.5 Å². The van der Waals surface area contributed by atoms with Crippen molar-refractivity contribution in [2.24, 2.45) is 0 Å². The van der Waals surface area contributed by atoms with Crippen LogP contribution in [0.3, 0.4) is 0 Å². The zero-order valence-corrected chi connectivity index (χ0v) is 25.3. The molecule has 4 amide bonds. The Morgan fingerprint density at radius 3 is 1.93 bits per heavy atom. The zero-order valence-electron chi connectivity index (χ0n) is 22.8. The molecule has 4 atom stereocenters. The number of hydrogen-bond donors (Lipinski definition) is 3. The lowest BCUT2D eigenvalue weighted by atomic mass is 10.00. The molecular weight excluding hydrogens is 625 g/mol. The third-order valence-electron chi connectivity index (χ3n) is 6.93. The summed E-state index contributed by atoms with van der Waals surface area (Å²) >= 11 is 3.91. The summed E-state index contributed by atoms with van der Waals surface area (Å²) < 4.78 is 10.1. The van der Waals surface area contributed by atoms with Gasteiger partial charge in [-0.05, 0) is 11.4 Å². The molecule has 0 bridgehead atoms. The van der Waals surface area contributed by atoms with Gasteiger partial charge in [-0.3, -0.25) is 38.6 Å². The van der Waals surface area contributed by atoms with Crippen LogP contribution in [-0.2, 0) is 49.5 Å². The van der Waals surface area contributed by atoms with Gasteiger partial charge in [0.25, 0.3) is 17.7 Å². The third kappa shape index (κ3) is 6.01. The largest absolute Gasteiger partial charge is 0.477 e. The van der Waals surface area contributed by atoms with Crippen LogP contribution < -0.4 is 10.6 Å². The number of ether oxygens (including phenoxy) is 2. The summed E-state index contributed by atoms with van der Waals surface area (Å²) in [6.07, 6.45) is 0.106. The van der Waals surface area contributed by atoms with Crippen LogP contribution in [0.4, 0.5) is 0 Å². The summed E-state index contributed by atoms with van der Waals surface area (Å²) in [5.41, 5.74) is 0.220. The third-order valence-corrected chi connectivity index (χ3v) is 10.5. The van der Waals surface area contributed by atoms with Crippen molar-refractivity contribution in [1.29, 1.82) is 0 Å². The van der Waals surface area contributed by atoms with Gasteiger partial charge < -0.3 is 25.2 Å². The first-order valence-corrected chi connectivity index (χ1v) is 15.9. The van der Waals surface area contributed by atoms with Gasteiger partial charge >= 0.3 is 17.9 Å². The molecule has 4 aliphatic rings. The number of hydrogen-bond acceptors (Lipinski definition) is 12. The van der Waals surface area contributed by atoms with E-state index in [0.717, 1.165) is 9.78 Å². The Morgan fingerprint density at radius 2 is 1.42 bits per heavy atom. The molecule has 0 spiro atoms. The van der Waals surface area contributed by atoms with Crippen LogP contribution in [-0.4, -0.2) is 104 Å². The molecule has 43 heavy (non-hydrogen) atoms. The quantitative estimate of drug-likeness (QED) is 0.224. The highest BCUT2D eigenvalue weighted by atomic mass is 32.2. The molecule has 0 aromatic carbocycles. The first-order valence-electron chi connectivity index (χ1n) is 12.9. The van der Waals surface area contributed by atoms with Crippen molar-refractivity contribution in [2.75, 3.05) is 24.7 Å². The van der Waals surface area contributed by atoms with E-state index in [1.165, 1.54) is 53.6 Å². The number of β-lactam (4-membered cyclic amide) rings is 2. The molecule has 0 saturated carbocycles. The number of carboxylic acids is 1. The number of fused-ring (bicyclic) bond motifs is 2. The molecule has 14 nitrogen and oxygen atoms in total. The predicted octanol–water partition coefficient (Wildman–Crippen LogP) is -0.191. The van der Waals surface area contributed by atoms with Gasteiger partial charge in [0.2, 0.25) is 5.91 Å². The summed E-state index contributed by atoms with van der Waals surface area (Å²) in [6, 6.07) is 1.66. The highest BCUT2D eigenvalue weighted by molar-refractivity contribution is 8.00. The second-order valence-corrected chi connectivity index (χ2v) is 13.1. The first kappa shape index (κ1) is 30.6. The molecule has 0 unspecified atom stereocenters. The zero-order chi connectivity index (χ0) is 31.0. The molecule has 0 radical (unpaired) electrons. The molecule has 17 heteroatoms. The molecule has 5 heterocycles. The minimum Gasteiger partial charge on any atom is -0.477 e. The summed E-state index contributed by atoms with van der Waals surface area (Å²) in [7, 11) is 0. The van der Waals surface area contributed by atoms with Crippen LogP contribution in [0.1, 0.15) is 18.7 Å². The highest BCUT2D eigenvalue weighted by Crippen LogP contribution is 2.43. The number of aliphatic carboxylic acids is 1. The van der Waals surface area contributed by atoms with Crippen LogP contribution in [0.2, 0.25) is 0 Å². The number of thioether (sulfide) groups is 2. The van der Waals surface area contributed by atoms with Gasteiger partial charge in [0, 0.05) is 41.4 Å². The Bertz CT molecular complexity index is 1470. The Balaban J connectivity index is 1.32.